The fraction of sp³-hybridized carbons (Fsp3) is 0.0870. The molecular formula is C23H16N2O5S. The molecule has 0 radical (unpaired) electrons. The van der Waals surface area contributed by atoms with Gasteiger partial charge in [0.05, 0.1) is 4.91 Å². The zero-order chi connectivity index (χ0) is 21.4. The van der Waals surface area contributed by atoms with Gasteiger partial charge >= 0.3 is 0 Å². The van der Waals surface area contributed by atoms with Gasteiger partial charge in [0.15, 0.2) is 11.5 Å². The van der Waals surface area contributed by atoms with E-state index < -0.39 is 17.1 Å². The number of carbonyl (C=O) groups is 3. The van der Waals surface area contributed by atoms with Gasteiger partial charge < -0.3 is 14.8 Å². The number of imide groups is 1. The molecule has 1 saturated heterocycles. The van der Waals surface area contributed by atoms with Gasteiger partial charge in [0.2, 0.25) is 12.7 Å². The van der Waals surface area contributed by atoms with E-state index in [2.05, 4.69) is 5.32 Å². The number of hydrogen-bond donors (Lipinski definition) is 1. The van der Waals surface area contributed by atoms with Gasteiger partial charge in [-0.25, -0.2) is 0 Å². The van der Waals surface area contributed by atoms with E-state index in [-0.39, 0.29) is 18.2 Å². The van der Waals surface area contributed by atoms with Gasteiger partial charge in [-0.05, 0) is 46.3 Å². The van der Waals surface area contributed by atoms with Crippen LogP contribution in [0.15, 0.2) is 65.6 Å². The van der Waals surface area contributed by atoms with Crippen molar-refractivity contribution >= 4 is 51.4 Å². The molecule has 2 heterocycles. The Morgan fingerprint density at radius 1 is 1.03 bits per heavy atom. The summed E-state index contributed by atoms with van der Waals surface area (Å²) in [4.78, 5) is 38.9. The number of carbonyl (C=O) groups excluding carboxylic acids is 3. The normalized spacial score (nSPS) is 16.4. The first-order valence-electron chi connectivity index (χ1n) is 9.51. The molecule has 2 aliphatic rings. The van der Waals surface area contributed by atoms with E-state index in [1.807, 2.05) is 42.5 Å². The number of thioether (sulfide) groups is 1. The third-order valence-electron chi connectivity index (χ3n) is 4.94. The number of hydrogen-bond acceptors (Lipinski definition) is 6. The molecule has 1 fully saturated rings. The largest absolute Gasteiger partial charge is 0.454 e. The average molecular weight is 432 g/mol. The van der Waals surface area contributed by atoms with E-state index in [4.69, 9.17) is 9.47 Å². The highest BCUT2D eigenvalue weighted by Crippen LogP contribution is 2.35. The molecular weight excluding hydrogens is 416 g/mol. The lowest BCUT2D eigenvalue weighted by Gasteiger charge is -2.12. The zero-order valence-corrected chi connectivity index (χ0v) is 17.0. The van der Waals surface area contributed by atoms with Crippen LogP contribution in [0.25, 0.3) is 16.8 Å². The highest BCUT2D eigenvalue weighted by atomic mass is 32.2. The van der Waals surface area contributed by atoms with Crippen molar-refractivity contribution in [1.29, 1.82) is 0 Å². The maximum Gasteiger partial charge on any atom is 0.294 e. The van der Waals surface area contributed by atoms with Crippen molar-refractivity contribution in [3.05, 3.63) is 71.1 Å². The molecule has 2 aliphatic heterocycles. The molecule has 5 rings (SSSR count). The number of nitrogens with one attached hydrogen (secondary N) is 1. The van der Waals surface area contributed by atoms with Crippen LogP contribution in [0.2, 0.25) is 0 Å². The Balaban J connectivity index is 1.32. The third-order valence-corrected chi connectivity index (χ3v) is 5.85. The highest BCUT2D eigenvalue weighted by molar-refractivity contribution is 8.18. The second-order valence-electron chi connectivity index (χ2n) is 6.95. The molecule has 0 aliphatic carbocycles. The number of benzene rings is 3. The van der Waals surface area contributed by atoms with Crippen LogP contribution in [-0.2, 0) is 9.59 Å². The van der Waals surface area contributed by atoms with Gasteiger partial charge in [-0.15, -0.1) is 0 Å². The summed E-state index contributed by atoms with van der Waals surface area (Å²) in [5, 5.41) is 4.23. The summed E-state index contributed by atoms with van der Waals surface area (Å²) in [7, 11) is 0. The van der Waals surface area contributed by atoms with Crippen molar-refractivity contribution in [2.75, 3.05) is 18.7 Å². The van der Waals surface area contributed by atoms with Crippen molar-refractivity contribution in [3.63, 3.8) is 0 Å². The molecule has 3 amide bonds. The fourth-order valence-corrected chi connectivity index (χ4v) is 4.30. The molecule has 8 heteroatoms. The minimum absolute atomic E-state index is 0.131. The van der Waals surface area contributed by atoms with Crippen molar-refractivity contribution < 1.29 is 23.9 Å². The van der Waals surface area contributed by atoms with E-state index in [1.54, 1.807) is 24.3 Å². The Hall–Kier alpha value is -3.78. The van der Waals surface area contributed by atoms with E-state index in [9.17, 15) is 14.4 Å². The van der Waals surface area contributed by atoms with Crippen molar-refractivity contribution in [2.24, 2.45) is 0 Å². The Morgan fingerprint density at radius 3 is 2.74 bits per heavy atom. The standard InChI is InChI=1S/C23H16N2O5S/c26-21(24-16-8-9-18-19(11-16)30-13-29-18)12-25-22(27)20(31-23(25)28)10-15-6-3-5-14-4-1-2-7-17(14)15/h1-11H,12-13H2,(H,24,26)/b20-10+. The average Bonchev–Trinajstić information content (AvgIpc) is 3.34. The third kappa shape index (κ3) is 3.73. The molecule has 7 nitrogen and oxygen atoms in total. The summed E-state index contributed by atoms with van der Waals surface area (Å²) in [5.41, 5.74) is 1.33. The molecule has 154 valence electrons. The molecule has 0 aromatic heterocycles. The van der Waals surface area contributed by atoms with Gasteiger partial charge in [-0.2, -0.15) is 0 Å². The SMILES string of the molecule is O=C(CN1C(=O)S/C(=C/c2cccc3ccccc23)C1=O)Nc1ccc2c(c1)OCO2. The highest BCUT2D eigenvalue weighted by Gasteiger charge is 2.36. The number of anilines is 1. The maximum absolute atomic E-state index is 12.8. The smallest absolute Gasteiger partial charge is 0.294 e. The lowest BCUT2D eigenvalue weighted by Crippen LogP contribution is -2.36. The second-order valence-corrected chi connectivity index (χ2v) is 7.95. The Morgan fingerprint density at radius 2 is 1.84 bits per heavy atom. The number of ether oxygens (including phenoxy) is 2. The summed E-state index contributed by atoms with van der Waals surface area (Å²) >= 11 is 0.832. The van der Waals surface area contributed by atoms with E-state index in [0.717, 1.165) is 33.0 Å². The molecule has 0 unspecified atom stereocenters. The predicted octanol–water partition coefficient (Wildman–Crippen LogP) is 4.24. The molecule has 3 aromatic carbocycles. The lowest BCUT2D eigenvalue weighted by atomic mass is 10.0. The van der Waals surface area contributed by atoms with Gasteiger partial charge in [-0.1, -0.05) is 42.5 Å². The molecule has 31 heavy (non-hydrogen) atoms. The minimum atomic E-state index is -0.483. The van der Waals surface area contributed by atoms with E-state index in [1.165, 1.54) is 0 Å². The summed E-state index contributed by atoms with van der Waals surface area (Å²) < 4.78 is 10.5. The van der Waals surface area contributed by atoms with Gasteiger partial charge in [0.1, 0.15) is 6.54 Å². The summed E-state index contributed by atoms with van der Waals surface area (Å²) in [6, 6.07) is 18.6. The number of fused-ring (bicyclic) bond motifs is 2. The lowest BCUT2D eigenvalue weighted by molar-refractivity contribution is -0.127. The monoisotopic (exact) mass is 432 g/mol. The first-order chi connectivity index (χ1) is 15.1. The van der Waals surface area contributed by atoms with Gasteiger partial charge in [-0.3, -0.25) is 19.3 Å². The molecule has 0 atom stereocenters. The van der Waals surface area contributed by atoms with Gasteiger partial charge in [0, 0.05) is 11.8 Å². The molecule has 3 aromatic rings. The minimum Gasteiger partial charge on any atom is -0.454 e. The van der Waals surface area contributed by atoms with Crippen molar-refractivity contribution in [3.8, 4) is 11.5 Å². The maximum atomic E-state index is 12.8. The summed E-state index contributed by atoms with van der Waals surface area (Å²) in [5.74, 6) is 0.167. The summed E-state index contributed by atoms with van der Waals surface area (Å²) in [6.07, 6.45) is 1.70. The predicted molar refractivity (Wildman–Crippen MR) is 118 cm³/mol. The van der Waals surface area contributed by atoms with E-state index >= 15 is 0 Å². The topological polar surface area (TPSA) is 84.9 Å². The van der Waals surface area contributed by atoms with Crippen LogP contribution in [0.5, 0.6) is 11.5 Å². The number of rotatable bonds is 4. The Bertz CT molecular complexity index is 1260. The van der Waals surface area contributed by atoms with Crippen LogP contribution >= 0.6 is 11.8 Å². The molecule has 0 saturated carbocycles. The van der Waals surface area contributed by atoms with E-state index in [0.29, 0.717) is 17.2 Å². The second kappa shape index (κ2) is 7.81. The van der Waals surface area contributed by atoms with Crippen LogP contribution < -0.4 is 14.8 Å². The van der Waals surface area contributed by atoms with Crippen LogP contribution in [0, 0.1) is 0 Å². The first kappa shape index (κ1) is 19.2. The van der Waals surface area contributed by atoms with Gasteiger partial charge in [0.25, 0.3) is 11.1 Å². The Labute approximate surface area is 181 Å². The Kier molecular flexibility index (Phi) is 4.83. The number of nitrogens with zero attached hydrogens (tertiary/aromatic N) is 1. The van der Waals surface area contributed by atoms with Crippen molar-refractivity contribution in [1.82, 2.24) is 4.90 Å². The van der Waals surface area contributed by atoms with Crippen LogP contribution in [0.4, 0.5) is 10.5 Å². The molecule has 1 N–H and O–H groups in total. The van der Waals surface area contributed by atoms with Crippen LogP contribution in [0.3, 0.4) is 0 Å². The van der Waals surface area contributed by atoms with Crippen molar-refractivity contribution in [2.45, 2.75) is 0 Å². The van der Waals surface area contributed by atoms with Crippen LogP contribution in [-0.4, -0.2) is 35.3 Å². The number of amides is 3. The molecule has 0 spiro atoms. The van der Waals surface area contributed by atoms with Crippen LogP contribution in [0.1, 0.15) is 5.56 Å². The summed E-state index contributed by atoms with van der Waals surface area (Å²) in [6.45, 7) is -0.238. The quantitative estimate of drug-likeness (QED) is 0.621. The first-order valence-corrected chi connectivity index (χ1v) is 10.3. The molecule has 0 bridgehead atoms. The fourth-order valence-electron chi connectivity index (χ4n) is 3.47. The zero-order valence-electron chi connectivity index (χ0n) is 16.2.